The number of amides is 1. The van der Waals surface area contributed by atoms with Crippen LogP contribution in [-0.2, 0) is 19.1 Å². The van der Waals surface area contributed by atoms with Crippen LogP contribution in [0.15, 0.2) is 29.2 Å². The van der Waals surface area contributed by atoms with Crippen LogP contribution >= 0.6 is 11.8 Å². The van der Waals surface area contributed by atoms with Crippen LogP contribution < -0.4 is 10.6 Å². The molecule has 3 N–H and O–H groups in total. The van der Waals surface area contributed by atoms with E-state index in [0.717, 1.165) is 16.7 Å². The van der Waals surface area contributed by atoms with E-state index in [1.54, 1.807) is 45.0 Å². The SMILES string of the molecule is CC(C)(C)OC(=O)C1C(=O)N(CC(=O)O)c2ccccc2S[C@@H]1N. The van der Waals surface area contributed by atoms with Gasteiger partial charge in [0.1, 0.15) is 12.1 Å². The second-order valence-electron chi connectivity index (χ2n) is 6.38. The summed E-state index contributed by atoms with van der Waals surface area (Å²) < 4.78 is 5.30. The Morgan fingerprint density at radius 1 is 1.33 bits per heavy atom. The van der Waals surface area contributed by atoms with Crippen LogP contribution in [0.5, 0.6) is 0 Å². The molecule has 0 spiro atoms. The Hall–Kier alpha value is -2.06. The lowest BCUT2D eigenvalue weighted by atomic mass is 10.1. The standard InChI is InChI=1S/C16H20N2O5S/c1-16(2,3)23-15(22)12-13(17)24-10-7-5-4-6-9(10)18(14(12)21)8-11(19)20/h4-7,12-13H,8,17H2,1-3H3,(H,19,20)/t12?,13-/m0/s1. The first-order valence-electron chi connectivity index (χ1n) is 7.37. The van der Waals surface area contributed by atoms with Crippen molar-refractivity contribution in [3.05, 3.63) is 24.3 Å². The van der Waals surface area contributed by atoms with Crippen molar-refractivity contribution in [1.29, 1.82) is 0 Å². The van der Waals surface area contributed by atoms with Crippen molar-refractivity contribution in [2.45, 2.75) is 36.6 Å². The molecular formula is C16H20N2O5S. The number of hydrogen-bond acceptors (Lipinski definition) is 6. The summed E-state index contributed by atoms with van der Waals surface area (Å²) in [5.41, 5.74) is 5.71. The van der Waals surface area contributed by atoms with Gasteiger partial charge in [-0.3, -0.25) is 19.3 Å². The van der Waals surface area contributed by atoms with Gasteiger partial charge in [-0.1, -0.05) is 12.1 Å². The van der Waals surface area contributed by atoms with E-state index < -0.39 is 41.3 Å². The monoisotopic (exact) mass is 352 g/mol. The minimum absolute atomic E-state index is 0.427. The Labute approximate surface area is 144 Å². The van der Waals surface area contributed by atoms with Gasteiger partial charge in [0.2, 0.25) is 5.91 Å². The van der Waals surface area contributed by atoms with E-state index in [9.17, 15) is 14.4 Å². The van der Waals surface area contributed by atoms with E-state index in [2.05, 4.69) is 0 Å². The molecule has 0 fully saturated rings. The number of para-hydroxylation sites is 1. The Kier molecular flexibility index (Phi) is 5.19. The summed E-state index contributed by atoms with van der Waals surface area (Å²) in [6.07, 6.45) is 0. The van der Waals surface area contributed by atoms with Gasteiger partial charge in [-0.2, -0.15) is 0 Å². The zero-order chi connectivity index (χ0) is 18.1. The Bertz CT molecular complexity index is 671. The molecule has 0 aromatic heterocycles. The van der Waals surface area contributed by atoms with Crippen LogP contribution in [0.2, 0.25) is 0 Å². The van der Waals surface area contributed by atoms with Crippen molar-refractivity contribution in [3.8, 4) is 0 Å². The highest BCUT2D eigenvalue weighted by Crippen LogP contribution is 2.39. The maximum Gasteiger partial charge on any atom is 0.323 e. The van der Waals surface area contributed by atoms with Crippen molar-refractivity contribution in [2.75, 3.05) is 11.4 Å². The smallest absolute Gasteiger partial charge is 0.323 e. The molecule has 1 unspecified atom stereocenters. The fourth-order valence-corrected chi connectivity index (χ4v) is 3.43. The predicted molar refractivity (Wildman–Crippen MR) is 89.6 cm³/mol. The number of carboxylic acids is 1. The van der Waals surface area contributed by atoms with Crippen LogP contribution in [0.4, 0.5) is 5.69 Å². The molecule has 1 aromatic rings. The van der Waals surface area contributed by atoms with Gasteiger partial charge in [-0.05, 0) is 32.9 Å². The number of rotatable bonds is 3. The van der Waals surface area contributed by atoms with E-state index in [1.807, 2.05) is 0 Å². The molecule has 0 radical (unpaired) electrons. The van der Waals surface area contributed by atoms with E-state index in [1.165, 1.54) is 0 Å². The second kappa shape index (κ2) is 6.82. The lowest BCUT2D eigenvalue weighted by Gasteiger charge is -2.27. The maximum atomic E-state index is 12.8. The van der Waals surface area contributed by atoms with Gasteiger partial charge < -0.3 is 15.6 Å². The van der Waals surface area contributed by atoms with E-state index in [4.69, 9.17) is 15.6 Å². The highest BCUT2D eigenvalue weighted by molar-refractivity contribution is 8.00. The summed E-state index contributed by atoms with van der Waals surface area (Å²) in [5, 5.41) is 8.26. The second-order valence-corrected chi connectivity index (χ2v) is 7.60. The zero-order valence-corrected chi connectivity index (χ0v) is 14.5. The molecule has 2 atom stereocenters. The lowest BCUT2D eigenvalue weighted by molar-refractivity contribution is -0.162. The average Bonchev–Trinajstić information content (AvgIpc) is 2.52. The Morgan fingerprint density at radius 2 is 1.96 bits per heavy atom. The molecule has 1 amide bonds. The average molecular weight is 352 g/mol. The van der Waals surface area contributed by atoms with Gasteiger partial charge in [0.15, 0.2) is 5.92 Å². The summed E-state index contributed by atoms with van der Waals surface area (Å²) in [6, 6.07) is 6.82. The third-order valence-electron chi connectivity index (χ3n) is 3.23. The number of benzene rings is 1. The number of hydrogen-bond donors (Lipinski definition) is 2. The van der Waals surface area contributed by atoms with E-state index >= 15 is 0 Å². The largest absolute Gasteiger partial charge is 0.480 e. The minimum Gasteiger partial charge on any atom is -0.480 e. The number of aliphatic carboxylic acids is 1. The number of anilines is 1. The number of carboxylic acid groups (broad SMARTS) is 1. The molecule has 130 valence electrons. The molecule has 1 aliphatic heterocycles. The van der Waals surface area contributed by atoms with Gasteiger partial charge in [0.05, 0.1) is 11.1 Å². The maximum absolute atomic E-state index is 12.8. The zero-order valence-electron chi connectivity index (χ0n) is 13.7. The molecule has 24 heavy (non-hydrogen) atoms. The quantitative estimate of drug-likeness (QED) is 0.626. The topological polar surface area (TPSA) is 110 Å². The first-order chi connectivity index (χ1) is 11.1. The van der Waals surface area contributed by atoms with Crippen LogP contribution in [0, 0.1) is 5.92 Å². The molecule has 0 saturated heterocycles. The summed E-state index contributed by atoms with van der Waals surface area (Å²) in [4.78, 5) is 38.2. The minimum atomic E-state index is -1.28. The highest BCUT2D eigenvalue weighted by Gasteiger charge is 2.43. The number of thioether (sulfide) groups is 1. The third kappa shape index (κ3) is 4.07. The van der Waals surface area contributed by atoms with Gasteiger partial charge in [-0.15, -0.1) is 11.8 Å². The first-order valence-corrected chi connectivity index (χ1v) is 8.25. The Balaban J connectivity index is 2.44. The molecule has 8 heteroatoms. The molecule has 1 heterocycles. The molecule has 2 rings (SSSR count). The van der Waals surface area contributed by atoms with Gasteiger partial charge >= 0.3 is 11.9 Å². The molecule has 1 aliphatic rings. The van der Waals surface area contributed by atoms with Gasteiger partial charge in [0, 0.05) is 4.90 Å². The highest BCUT2D eigenvalue weighted by atomic mass is 32.2. The molecule has 0 bridgehead atoms. The van der Waals surface area contributed by atoms with Crippen LogP contribution in [0.1, 0.15) is 20.8 Å². The van der Waals surface area contributed by atoms with Gasteiger partial charge in [0.25, 0.3) is 0 Å². The molecule has 1 aromatic carbocycles. The van der Waals surface area contributed by atoms with Crippen LogP contribution in [0.25, 0.3) is 0 Å². The number of esters is 1. The van der Waals surface area contributed by atoms with Crippen molar-refractivity contribution in [3.63, 3.8) is 0 Å². The summed E-state index contributed by atoms with van der Waals surface area (Å²) in [6.45, 7) is 4.51. The predicted octanol–water partition coefficient (Wildman–Crippen LogP) is 1.45. The Morgan fingerprint density at radius 3 is 2.54 bits per heavy atom. The van der Waals surface area contributed by atoms with Crippen LogP contribution in [-0.4, -0.2) is 40.5 Å². The normalized spacial score (nSPS) is 21.0. The number of ether oxygens (including phenoxy) is 1. The van der Waals surface area contributed by atoms with Crippen molar-refractivity contribution < 1.29 is 24.2 Å². The molecular weight excluding hydrogens is 332 g/mol. The molecule has 7 nitrogen and oxygen atoms in total. The number of nitrogens with two attached hydrogens (primary N) is 1. The van der Waals surface area contributed by atoms with Crippen molar-refractivity contribution in [1.82, 2.24) is 0 Å². The van der Waals surface area contributed by atoms with Crippen molar-refractivity contribution >= 4 is 35.3 Å². The van der Waals surface area contributed by atoms with Crippen LogP contribution in [0.3, 0.4) is 0 Å². The molecule has 0 saturated carbocycles. The van der Waals surface area contributed by atoms with E-state index in [0.29, 0.717) is 10.6 Å². The fraction of sp³-hybridized carbons (Fsp3) is 0.438. The number of fused-ring (bicyclic) bond motifs is 1. The number of carbonyl (C=O) groups excluding carboxylic acids is 2. The van der Waals surface area contributed by atoms with Gasteiger partial charge in [-0.25, -0.2) is 0 Å². The third-order valence-corrected chi connectivity index (χ3v) is 4.38. The number of nitrogens with zero attached hydrogens (tertiary/aromatic N) is 1. The first kappa shape index (κ1) is 18.3. The summed E-state index contributed by atoms with van der Waals surface area (Å²) in [5.74, 6) is -3.88. The summed E-state index contributed by atoms with van der Waals surface area (Å²) >= 11 is 1.15. The fourth-order valence-electron chi connectivity index (χ4n) is 2.32. The van der Waals surface area contributed by atoms with Crippen molar-refractivity contribution in [2.24, 2.45) is 11.7 Å². The van der Waals surface area contributed by atoms with E-state index in [-0.39, 0.29) is 0 Å². The lowest BCUT2D eigenvalue weighted by Crippen LogP contribution is -2.48. The number of carbonyl (C=O) groups is 3. The molecule has 0 aliphatic carbocycles. The summed E-state index contributed by atoms with van der Waals surface area (Å²) in [7, 11) is 0.